The third kappa shape index (κ3) is 3.02. The van der Waals surface area contributed by atoms with Gasteiger partial charge in [-0.05, 0) is 53.9 Å². The zero-order chi connectivity index (χ0) is 23.6. The highest BCUT2D eigenvalue weighted by Gasteiger charge is 2.63. The van der Waals surface area contributed by atoms with E-state index in [4.69, 9.17) is 0 Å². The first-order valence-corrected chi connectivity index (χ1v) is 12.8. The second kappa shape index (κ2) is 8.07. The van der Waals surface area contributed by atoms with E-state index in [-0.39, 0.29) is 35.5 Å². The predicted molar refractivity (Wildman–Crippen MR) is 129 cm³/mol. The second-order valence-electron chi connectivity index (χ2n) is 10.8. The van der Waals surface area contributed by atoms with Crippen LogP contribution in [0.4, 0.5) is 0 Å². The number of imide groups is 1. The largest absolute Gasteiger partial charge is 0.341 e. The predicted octanol–water partition coefficient (Wildman–Crippen LogP) is 4.31. The fraction of sp³-hybridized carbons (Fsp3) is 0.483. The number of carbonyl (C=O) groups excluding carboxylic acids is 3. The van der Waals surface area contributed by atoms with E-state index in [0.29, 0.717) is 6.42 Å². The molecule has 2 fully saturated rings. The summed E-state index contributed by atoms with van der Waals surface area (Å²) in [4.78, 5) is 45.2. The molecule has 7 rings (SSSR count). The lowest BCUT2D eigenvalue weighted by Crippen LogP contribution is -2.53. The molecule has 3 aliphatic carbocycles. The molecule has 5 aliphatic rings. The zero-order valence-electron chi connectivity index (χ0n) is 19.9. The lowest BCUT2D eigenvalue weighted by Gasteiger charge is -2.45. The van der Waals surface area contributed by atoms with Crippen LogP contribution in [0.2, 0.25) is 0 Å². The van der Waals surface area contributed by atoms with Crippen molar-refractivity contribution in [2.75, 3.05) is 13.1 Å². The van der Waals surface area contributed by atoms with Crippen LogP contribution in [0.15, 0.2) is 48.5 Å². The monoisotopic (exact) mass is 456 g/mol. The van der Waals surface area contributed by atoms with Crippen molar-refractivity contribution in [1.82, 2.24) is 9.80 Å². The molecule has 0 saturated carbocycles. The molecule has 2 aliphatic heterocycles. The average molecular weight is 457 g/mol. The van der Waals surface area contributed by atoms with Gasteiger partial charge < -0.3 is 4.90 Å². The molecule has 0 aromatic heterocycles. The molecular formula is C29H32N2O3. The van der Waals surface area contributed by atoms with Crippen molar-refractivity contribution in [1.29, 1.82) is 0 Å². The summed E-state index contributed by atoms with van der Waals surface area (Å²) in [5.74, 6) is -1.25. The Bertz CT molecular complexity index is 1050. The molecular weight excluding hydrogens is 424 g/mol. The minimum atomic E-state index is -0.700. The number of amides is 3. The molecule has 34 heavy (non-hydrogen) atoms. The van der Waals surface area contributed by atoms with Crippen LogP contribution in [-0.2, 0) is 14.4 Å². The normalized spacial score (nSPS) is 28.1. The van der Waals surface area contributed by atoms with Crippen LogP contribution in [0.25, 0.3) is 0 Å². The van der Waals surface area contributed by atoms with Crippen molar-refractivity contribution < 1.29 is 14.4 Å². The van der Waals surface area contributed by atoms with Gasteiger partial charge in [0, 0.05) is 24.9 Å². The highest BCUT2D eigenvalue weighted by Crippen LogP contribution is 2.61. The number of nitrogens with zero attached hydrogens (tertiary/aromatic N) is 2. The van der Waals surface area contributed by atoms with Gasteiger partial charge in [0.2, 0.25) is 17.7 Å². The molecule has 2 heterocycles. The van der Waals surface area contributed by atoms with Crippen molar-refractivity contribution in [2.45, 2.75) is 57.4 Å². The summed E-state index contributed by atoms with van der Waals surface area (Å²) in [6.45, 7) is 5.56. The number of piperidine rings is 1. The molecule has 0 radical (unpaired) electrons. The van der Waals surface area contributed by atoms with Crippen LogP contribution in [-0.4, -0.2) is 46.7 Å². The number of likely N-dealkylation sites (tertiary alicyclic amines) is 2. The van der Waals surface area contributed by atoms with Crippen molar-refractivity contribution in [3.05, 3.63) is 70.8 Å². The maximum atomic E-state index is 14.1. The van der Waals surface area contributed by atoms with E-state index in [0.717, 1.165) is 32.4 Å². The molecule has 2 bridgehead atoms. The molecule has 0 N–H and O–H groups in total. The van der Waals surface area contributed by atoms with Gasteiger partial charge in [-0.1, -0.05) is 62.4 Å². The molecule has 5 heteroatoms. The van der Waals surface area contributed by atoms with E-state index in [1.807, 2.05) is 29.2 Å². The van der Waals surface area contributed by atoms with Crippen molar-refractivity contribution in [2.24, 2.45) is 17.8 Å². The minimum absolute atomic E-state index is 0.0453. The number of hydrogen-bond acceptors (Lipinski definition) is 3. The Hall–Kier alpha value is -2.95. The summed E-state index contributed by atoms with van der Waals surface area (Å²) >= 11 is 0. The van der Waals surface area contributed by atoms with Gasteiger partial charge in [-0.2, -0.15) is 0 Å². The summed E-state index contributed by atoms with van der Waals surface area (Å²) < 4.78 is 0. The fourth-order valence-corrected chi connectivity index (χ4v) is 7.10. The van der Waals surface area contributed by atoms with Crippen molar-refractivity contribution in [3.63, 3.8) is 0 Å². The Kier molecular flexibility index (Phi) is 5.12. The minimum Gasteiger partial charge on any atom is -0.341 e. The quantitative estimate of drug-likeness (QED) is 0.645. The third-order valence-corrected chi connectivity index (χ3v) is 8.44. The highest BCUT2D eigenvalue weighted by molar-refractivity contribution is 6.10. The Morgan fingerprint density at radius 3 is 1.65 bits per heavy atom. The van der Waals surface area contributed by atoms with E-state index in [9.17, 15) is 14.4 Å². The Labute approximate surface area is 201 Å². The number of carbonyl (C=O) groups is 3. The molecule has 2 saturated heterocycles. The standard InChI is InChI=1S/C29H32N2O3/c1-17(2)16-22(27(32)30-14-8-3-9-15-30)31-28(33)25-23-18-10-4-5-11-19(18)24(26(25)29(31)34)21-13-7-6-12-20(21)23/h4-7,10-13,17,22-26H,3,8-9,14-16H2,1-2H3/t22-,23?,24?,25+,26+/m1/s1. The third-order valence-electron chi connectivity index (χ3n) is 8.44. The molecule has 0 spiro atoms. The summed E-state index contributed by atoms with van der Waals surface area (Å²) in [6.07, 6.45) is 3.62. The van der Waals surface area contributed by atoms with Crippen molar-refractivity contribution in [3.8, 4) is 0 Å². The van der Waals surface area contributed by atoms with Crippen LogP contribution < -0.4 is 0 Å². The Balaban J connectivity index is 1.44. The first kappa shape index (κ1) is 21.6. The number of rotatable bonds is 4. The lowest BCUT2D eigenvalue weighted by molar-refractivity contribution is -0.152. The van der Waals surface area contributed by atoms with Gasteiger partial charge in [0.05, 0.1) is 11.8 Å². The van der Waals surface area contributed by atoms with Crippen LogP contribution in [0.1, 0.15) is 73.6 Å². The lowest BCUT2D eigenvalue weighted by atomic mass is 9.55. The van der Waals surface area contributed by atoms with Gasteiger partial charge in [0.25, 0.3) is 0 Å². The average Bonchev–Trinajstić information content (AvgIpc) is 3.13. The second-order valence-corrected chi connectivity index (χ2v) is 10.8. The van der Waals surface area contributed by atoms with Crippen molar-refractivity contribution >= 4 is 17.7 Å². The molecule has 3 amide bonds. The molecule has 2 aromatic rings. The number of hydrogen-bond donors (Lipinski definition) is 0. The van der Waals surface area contributed by atoms with E-state index in [1.54, 1.807) is 0 Å². The maximum absolute atomic E-state index is 14.1. The van der Waals surface area contributed by atoms with E-state index in [2.05, 4.69) is 38.1 Å². The van der Waals surface area contributed by atoms with Crippen LogP contribution in [0.3, 0.4) is 0 Å². The molecule has 0 unspecified atom stereocenters. The molecule has 176 valence electrons. The van der Waals surface area contributed by atoms with E-state index in [1.165, 1.54) is 27.2 Å². The molecule has 2 aromatic carbocycles. The summed E-state index contributed by atoms with van der Waals surface area (Å²) in [7, 11) is 0. The SMILES string of the molecule is CC(C)C[C@H](C(=O)N1CCCCC1)N1C(=O)[C@H]2C3c4ccccc4C(c4ccccc43)[C@@H]2C1=O. The first-order valence-electron chi connectivity index (χ1n) is 12.8. The smallest absolute Gasteiger partial charge is 0.245 e. The highest BCUT2D eigenvalue weighted by atomic mass is 16.2. The topological polar surface area (TPSA) is 57.7 Å². The number of benzene rings is 2. The van der Waals surface area contributed by atoms with Gasteiger partial charge in [0.15, 0.2) is 0 Å². The first-order chi connectivity index (χ1) is 16.5. The van der Waals surface area contributed by atoms with Gasteiger partial charge in [-0.3, -0.25) is 19.3 Å². The van der Waals surface area contributed by atoms with E-state index < -0.39 is 17.9 Å². The zero-order valence-corrected chi connectivity index (χ0v) is 19.9. The maximum Gasteiger partial charge on any atom is 0.245 e. The van der Waals surface area contributed by atoms with E-state index >= 15 is 0 Å². The summed E-state index contributed by atoms with van der Waals surface area (Å²) in [6, 6.07) is 15.9. The molecule has 3 atom stereocenters. The summed E-state index contributed by atoms with van der Waals surface area (Å²) in [5.41, 5.74) is 4.66. The van der Waals surface area contributed by atoms with Crippen LogP contribution >= 0.6 is 0 Å². The summed E-state index contributed by atoms with van der Waals surface area (Å²) in [5, 5.41) is 0. The fourth-order valence-electron chi connectivity index (χ4n) is 7.10. The van der Waals surface area contributed by atoms with Gasteiger partial charge in [-0.15, -0.1) is 0 Å². The Morgan fingerprint density at radius 1 is 0.794 bits per heavy atom. The van der Waals surface area contributed by atoms with Gasteiger partial charge >= 0.3 is 0 Å². The van der Waals surface area contributed by atoms with Gasteiger partial charge in [0.1, 0.15) is 6.04 Å². The van der Waals surface area contributed by atoms with Crippen LogP contribution in [0, 0.1) is 17.8 Å². The van der Waals surface area contributed by atoms with Gasteiger partial charge in [-0.25, -0.2) is 0 Å². The Morgan fingerprint density at radius 2 is 1.24 bits per heavy atom. The molecule has 5 nitrogen and oxygen atoms in total. The van der Waals surface area contributed by atoms with Crippen LogP contribution in [0.5, 0.6) is 0 Å².